The molecule has 0 unspecified atom stereocenters. The maximum absolute atomic E-state index is 12.2. The summed E-state index contributed by atoms with van der Waals surface area (Å²) in [6, 6.07) is 11.2. The monoisotopic (exact) mass is 430 g/mol. The molecule has 0 atom stereocenters. The lowest BCUT2D eigenvalue weighted by atomic mass is 10.1. The number of rotatable bonds is 5. The van der Waals surface area contributed by atoms with Gasteiger partial charge in [0.15, 0.2) is 5.11 Å². The van der Waals surface area contributed by atoms with E-state index in [2.05, 4.69) is 5.32 Å². The Morgan fingerprint density at radius 1 is 1.24 bits per heavy atom. The summed E-state index contributed by atoms with van der Waals surface area (Å²) < 4.78 is 5.67. The van der Waals surface area contributed by atoms with Gasteiger partial charge in [0.1, 0.15) is 17.9 Å². The SMILES string of the molecule is CN1C(=O)C(=Cc2ccc(OCc3ccc(C(=O)O)cc3)c(Cl)c2)C(=O)NC1=S. The summed E-state index contributed by atoms with van der Waals surface area (Å²) in [4.78, 5) is 36.3. The standard InChI is InChI=1S/C20H15ClN2O5S/c1-23-18(25)14(17(24)22-20(23)29)8-12-4-7-16(15(21)9-12)28-10-11-2-5-13(6-3-11)19(26)27/h2-9H,10H2,1H3,(H,26,27)(H,22,24,29). The van der Waals surface area contributed by atoms with E-state index < -0.39 is 17.8 Å². The molecule has 0 aromatic heterocycles. The van der Waals surface area contributed by atoms with E-state index in [0.29, 0.717) is 16.3 Å². The van der Waals surface area contributed by atoms with Crippen LogP contribution in [0.25, 0.3) is 6.08 Å². The molecule has 29 heavy (non-hydrogen) atoms. The fourth-order valence-corrected chi connectivity index (χ4v) is 2.96. The minimum Gasteiger partial charge on any atom is -0.487 e. The Hall–Kier alpha value is -3.23. The average Bonchev–Trinajstić information content (AvgIpc) is 2.69. The summed E-state index contributed by atoms with van der Waals surface area (Å²) in [6.45, 7) is 0.198. The quantitative estimate of drug-likeness (QED) is 0.430. The third-order valence-electron chi connectivity index (χ3n) is 4.17. The molecule has 1 saturated heterocycles. The molecular formula is C20H15ClN2O5S. The highest BCUT2D eigenvalue weighted by atomic mass is 35.5. The van der Waals surface area contributed by atoms with Gasteiger partial charge >= 0.3 is 5.97 Å². The van der Waals surface area contributed by atoms with Crippen molar-refractivity contribution in [3.63, 3.8) is 0 Å². The van der Waals surface area contributed by atoms with Crippen molar-refractivity contribution >= 4 is 52.8 Å². The molecule has 3 rings (SSSR count). The van der Waals surface area contributed by atoms with Crippen molar-refractivity contribution in [1.29, 1.82) is 0 Å². The topological polar surface area (TPSA) is 95.9 Å². The number of carboxylic acids is 1. The van der Waals surface area contributed by atoms with Crippen LogP contribution in [-0.4, -0.2) is 40.0 Å². The number of likely N-dealkylation sites (N-methyl/N-ethyl adjacent to an activating group) is 1. The summed E-state index contributed by atoms with van der Waals surface area (Å²) in [7, 11) is 1.48. The van der Waals surface area contributed by atoms with Crippen molar-refractivity contribution in [3.05, 3.63) is 69.8 Å². The molecular weight excluding hydrogens is 416 g/mol. The van der Waals surface area contributed by atoms with Gasteiger partial charge in [-0.3, -0.25) is 19.8 Å². The van der Waals surface area contributed by atoms with Crippen LogP contribution in [0.2, 0.25) is 5.02 Å². The molecule has 1 aliphatic rings. The number of aromatic carboxylic acids is 1. The molecule has 0 saturated carbocycles. The summed E-state index contributed by atoms with van der Waals surface area (Å²) in [5.74, 6) is -1.66. The summed E-state index contributed by atoms with van der Waals surface area (Å²) in [5.41, 5.74) is 1.47. The number of thiocarbonyl (C=S) groups is 1. The predicted molar refractivity (Wildman–Crippen MR) is 111 cm³/mol. The van der Waals surface area contributed by atoms with E-state index in [4.69, 9.17) is 33.7 Å². The van der Waals surface area contributed by atoms with Gasteiger partial charge in [0.25, 0.3) is 11.8 Å². The molecule has 148 valence electrons. The number of nitrogens with one attached hydrogen (secondary N) is 1. The highest BCUT2D eigenvalue weighted by Gasteiger charge is 2.30. The number of benzene rings is 2. The Labute approximate surface area is 176 Å². The summed E-state index contributed by atoms with van der Waals surface area (Å²) in [5, 5.41) is 11.7. The number of halogens is 1. The van der Waals surface area contributed by atoms with Crippen molar-refractivity contribution in [3.8, 4) is 5.75 Å². The lowest BCUT2D eigenvalue weighted by molar-refractivity contribution is -0.128. The van der Waals surface area contributed by atoms with E-state index in [-0.39, 0.29) is 22.9 Å². The van der Waals surface area contributed by atoms with Crippen molar-refractivity contribution in [2.75, 3.05) is 7.05 Å². The lowest BCUT2D eigenvalue weighted by Gasteiger charge is -2.25. The molecule has 0 aliphatic carbocycles. The fraction of sp³-hybridized carbons (Fsp3) is 0.100. The summed E-state index contributed by atoms with van der Waals surface area (Å²) in [6.07, 6.45) is 1.43. The van der Waals surface area contributed by atoms with Gasteiger partial charge < -0.3 is 9.84 Å². The van der Waals surface area contributed by atoms with E-state index >= 15 is 0 Å². The van der Waals surface area contributed by atoms with Gasteiger partial charge in [0, 0.05) is 7.05 Å². The number of nitrogens with zero attached hydrogens (tertiary/aromatic N) is 1. The number of hydrogen-bond donors (Lipinski definition) is 2. The molecule has 0 bridgehead atoms. The van der Waals surface area contributed by atoms with Crippen LogP contribution in [0, 0.1) is 0 Å². The molecule has 2 aromatic rings. The van der Waals surface area contributed by atoms with E-state index in [1.807, 2.05) is 0 Å². The van der Waals surface area contributed by atoms with Gasteiger partial charge in [-0.2, -0.15) is 0 Å². The van der Waals surface area contributed by atoms with Gasteiger partial charge in [-0.25, -0.2) is 4.79 Å². The van der Waals surface area contributed by atoms with Gasteiger partial charge in [0.05, 0.1) is 10.6 Å². The van der Waals surface area contributed by atoms with Crippen molar-refractivity contribution in [1.82, 2.24) is 10.2 Å². The molecule has 2 amide bonds. The largest absolute Gasteiger partial charge is 0.487 e. The molecule has 0 spiro atoms. The number of hydrogen-bond acceptors (Lipinski definition) is 5. The van der Waals surface area contributed by atoms with Crippen LogP contribution in [0.4, 0.5) is 0 Å². The van der Waals surface area contributed by atoms with Crippen LogP contribution in [0.1, 0.15) is 21.5 Å². The zero-order valence-corrected chi connectivity index (χ0v) is 16.7. The Balaban J connectivity index is 1.73. The third-order valence-corrected chi connectivity index (χ3v) is 4.84. The normalized spacial score (nSPS) is 15.4. The molecule has 1 heterocycles. The second kappa shape index (κ2) is 8.42. The highest BCUT2D eigenvalue weighted by molar-refractivity contribution is 7.80. The predicted octanol–water partition coefficient (Wildman–Crippen LogP) is 2.87. The minimum absolute atomic E-state index is 0.0512. The van der Waals surface area contributed by atoms with Crippen molar-refractivity contribution < 1.29 is 24.2 Å². The molecule has 7 nitrogen and oxygen atoms in total. The minimum atomic E-state index is -0.997. The van der Waals surface area contributed by atoms with E-state index in [1.54, 1.807) is 30.3 Å². The van der Waals surface area contributed by atoms with E-state index in [9.17, 15) is 14.4 Å². The first kappa shape index (κ1) is 20.5. The van der Waals surface area contributed by atoms with Gasteiger partial charge in [0.2, 0.25) is 0 Å². The van der Waals surface area contributed by atoms with Gasteiger partial charge in [-0.15, -0.1) is 0 Å². The van der Waals surface area contributed by atoms with E-state index in [0.717, 1.165) is 5.56 Å². The van der Waals surface area contributed by atoms with Crippen LogP contribution in [-0.2, 0) is 16.2 Å². The zero-order valence-electron chi connectivity index (χ0n) is 15.1. The number of ether oxygens (including phenoxy) is 1. The average molecular weight is 431 g/mol. The third kappa shape index (κ3) is 4.61. The molecule has 2 N–H and O–H groups in total. The fourth-order valence-electron chi connectivity index (χ4n) is 2.54. The Morgan fingerprint density at radius 3 is 2.55 bits per heavy atom. The number of carboxylic acid groups (broad SMARTS) is 1. The van der Waals surface area contributed by atoms with Crippen LogP contribution in [0.15, 0.2) is 48.0 Å². The Kier molecular flexibility index (Phi) is 5.95. The molecule has 1 fully saturated rings. The van der Waals surface area contributed by atoms with Crippen molar-refractivity contribution in [2.24, 2.45) is 0 Å². The van der Waals surface area contributed by atoms with Gasteiger partial charge in [-0.05, 0) is 53.7 Å². The Bertz CT molecular complexity index is 1050. The Morgan fingerprint density at radius 2 is 1.93 bits per heavy atom. The second-order valence-corrected chi connectivity index (χ2v) is 6.96. The molecule has 1 aliphatic heterocycles. The molecule has 0 radical (unpaired) electrons. The van der Waals surface area contributed by atoms with Crippen LogP contribution in [0.3, 0.4) is 0 Å². The second-order valence-electron chi connectivity index (χ2n) is 6.16. The number of carbonyl (C=O) groups excluding carboxylic acids is 2. The number of carbonyl (C=O) groups is 3. The maximum Gasteiger partial charge on any atom is 0.335 e. The van der Waals surface area contributed by atoms with E-state index in [1.165, 1.54) is 30.2 Å². The van der Waals surface area contributed by atoms with Gasteiger partial charge in [-0.1, -0.05) is 29.8 Å². The van der Waals surface area contributed by atoms with Crippen LogP contribution in [0.5, 0.6) is 5.75 Å². The molecule has 2 aromatic carbocycles. The van der Waals surface area contributed by atoms with Crippen molar-refractivity contribution in [2.45, 2.75) is 6.61 Å². The van der Waals surface area contributed by atoms with Crippen LogP contribution >= 0.6 is 23.8 Å². The highest BCUT2D eigenvalue weighted by Crippen LogP contribution is 2.27. The first-order chi connectivity index (χ1) is 13.8. The van der Waals surface area contributed by atoms with Crippen LogP contribution < -0.4 is 10.1 Å². The lowest BCUT2D eigenvalue weighted by Crippen LogP contribution is -2.52. The smallest absolute Gasteiger partial charge is 0.335 e. The summed E-state index contributed by atoms with van der Waals surface area (Å²) >= 11 is 11.2. The molecule has 9 heteroatoms. The first-order valence-corrected chi connectivity index (χ1v) is 9.14. The zero-order chi connectivity index (χ0) is 21.1. The maximum atomic E-state index is 12.2. The number of amides is 2. The first-order valence-electron chi connectivity index (χ1n) is 8.36.